The topological polar surface area (TPSA) is 57.8 Å². The molecule has 186 valence electrons. The molecule has 0 bridgehead atoms. The van der Waals surface area contributed by atoms with Crippen LogP contribution in [0.4, 0.5) is 17.6 Å². The maximum absolute atomic E-state index is 15.0. The molecule has 1 aromatic carbocycles. The van der Waals surface area contributed by atoms with E-state index in [1.54, 1.807) is 40.0 Å². The molecule has 3 aromatic rings. The van der Waals surface area contributed by atoms with E-state index in [4.69, 9.17) is 4.74 Å². The molecular formula is C26H23F4N5O. The Morgan fingerprint density at radius 1 is 1.14 bits per heavy atom. The molecule has 2 aliphatic rings. The Kier molecular flexibility index (Phi) is 6.11. The molecule has 5 rings (SSSR count). The van der Waals surface area contributed by atoms with Crippen molar-refractivity contribution in [1.82, 2.24) is 24.3 Å². The first-order valence-electron chi connectivity index (χ1n) is 11.4. The van der Waals surface area contributed by atoms with Gasteiger partial charge in [0.25, 0.3) is 0 Å². The molecule has 1 aliphatic heterocycles. The zero-order valence-corrected chi connectivity index (χ0v) is 19.7. The van der Waals surface area contributed by atoms with Crippen molar-refractivity contribution in [3.63, 3.8) is 0 Å². The van der Waals surface area contributed by atoms with E-state index in [0.717, 1.165) is 17.8 Å². The molecule has 10 heteroatoms. The summed E-state index contributed by atoms with van der Waals surface area (Å²) in [5.41, 5.74) is 0.745. The Labute approximate surface area is 204 Å². The third-order valence-electron chi connectivity index (χ3n) is 6.44. The van der Waals surface area contributed by atoms with Gasteiger partial charge in [-0.2, -0.15) is 5.10 Å². The summed E-state index contributed by atoms with van der Waals surface area (Å²) in [5, 5.41) is 4.49. The predicted octanol–water partition coefficient (Wildman–Crippen LogP) is 6.09. The van der Waals surface area contributed by atoms with Gasteiger partial charge in [-0.15, -0.1) is 0 Å². The standard InChI is InChI=1S/C26H23F4N5O/c1-16-14-34(15-31-16)21-13-20(29)17(12-22(21)36-2)4-5-23-32-25-26(8-3-11-35(25)33-23)9-6-18(27)24(30)19(28)7-10-26/h4-7,9,12-15H,3,8,10-11H2,1-2H3/b5-4+,9-6+,19-7+,24-18-. The van der Waals surface area contributed by atoms with Crippen LogP contribution in [0, 0.1) is 12.7 Å². The predicted molar refractivity (Wildman–Crippen MR) is 127 cm³/mol. The molecule has 1 atom stereocenters. The number of halogens is 4. The number of rotatable bonds is 4. The summed E-state index contributed by atoms with van der Waals surface area (Å²) in [7, 11) is 1.50. The molecule has 1 aliphatic carbocycles. The van der Waals surface area contributed by atoms with Crippen LogP contribution in [0.5, 0.6) is 5.75 Å². The lowest BCUT2D eigenvalue weighted by Gasteiger charge is -2.33. The molecule has 0 N–H and O–H groups in total. The number of imidazole rings is 1. The molecule has 6 nitrogen and oxygen atoms in total. The van der Waals surface area contributed by atoms with Gasteiger partial charge in [-0.3, -0.25) is 0 Å². The fraction of sp³-hybridized carbons (Fsp3) is 0.269. The van der Waals surface area contributed by atoms with E-state index in [1.807, 2.05) is 6.92 Å². The summed E-state index contributed by atoms with van der Waals surface area (Å²) in [4.78, 5) is 8.76. The van der Waals surface area contributed by atoms with Gasteiger partial charge >= 0.3 is 0 Å². The minimum atomic E-state index is -1.51. The second kappa shape index (κ2) is 9.25. The van der Waals surface area contributed by atoms with Gasteiger partial charge in [-0.25, -0.2) is 32.2 Å². The van der Waals surface area contributed by atoms with Crippen LogP contribution in [0.3, 0.4) is 0 Å². The molecule has 0 radical (unpaired) electrons. The van der Waals surface area contributed by atoms with E-state index >= 15 is 0 Å². The summed E-state index contributed by atoms with van der Waals surface area (Å²) >= 11 is 0. The Bertz CT molecular complexity index is 1450. The molecule has 2 aromatic heterocycles. The number of hydrogen-bond donors (Lipinski definition) is 0. The fourth-order valence-electron chi connectivity index (χ4n) is 4.58. The Balaban J connectivity index is 1.48. The molecule has 0 saturated heterocycles. The Morgan fingerprint density at radius 3 is 2.72 bits per heavy atom. The second-order valence-electron chi connectivity index (χ2n) is 8.83. The van der Waals surface area contributed by atoms with Crippen LogP contribution in [0.1, 0.15) is 42.2 Å². The van der Waals surface area contributed by atoms with Crippen molar-refractivity contribution in [3.8, 4) is 11.4 Å². The number of aryl methyl sites for hydroxylation is 2. The van der Waals surface area contributed by atoms with Crippen molar-refractivity contribution in [3.05, 3.63) is 89.1 Å². The van der Waals surface area contributed by atoms with Gasteiger partial charge < -0.3 is 9.30 Å². The highest BCUT2D eigenvalue weighted by Crippen LogP contribution is 2.40. The largest absolute Gasteiger partial charge is 0.495 e. The van der Waals surface area contributed by atoms with Crippen molar-refractivity contribution in [2.75, 3.05) is 7.11 Å². The van der Waals surface area contributed by atoms with Crippen LogP contribution < -0.4 is 4.74 Å². The van der Waals surface area contributed by atoms with Crippen LogP contribution in [0.2, 0.25) is 0 Å². The third kappa shape index (κ3) is 4.27. The number of aromatic nitrogens is 5. The van der Waals surface area contributed by atoms with Crippen LogP contribution >= 0.6 is 0 Å². The molecule has 1 spiro atoms. The molecule has 0 fully saturated rings. The summed E-state index contributed by atoms with van der Waals surface area (Å²) in [6.07, 6.45) is 11.4. The van der Waals surface area contributed by atoms with Crippen LogP contribution in [0.25, 0.3) is 17.8 Å². The minimum absolute atomic E-state index is 0.110. The van der Waals surface area contributed by atoms with Gasteiger partial charge in [0.05, 0.1) is 30.2 Å². The average molecular weight is 497 g/mol. The van der Waals surface area contributed by atoms with Gasteiger partial charge in [-0.05, 0) is 56.6 Å². The van der Waals surface area contributed by atoms with Crippen LogP contribution in [-0.4, -0.2) is 31.4 Å². The second-order valence-corrected chi connectivity index (χ2v) is 8.83. The summed E-state index contributed by atoms with van der Waals surface area (Å²) < 4.78 is 65.4. The highest BCUT2D eigenvalue weighted by atomic mass is 19.2. The Morgan fingerprint density at radius 2 is 1.97 bits per heavy atom. The van der Waals surface area contributed by atoms with Gasteiger partial charge in [0.15, 0.2) is 23.3 Å². The zero-order chi connectivity index (χ0) is 25.4. The van der Waals surface area contributed by atoms with Crippen molar-refractivity contribution in [1.29, 1.82) is 0 Å². The van der Waals surface area contributed by atoms with Crippen molar-refractivity contribution in [2.45, 2.75) is 38.1 Å². The van der Waals surface area contributed by atoms with Crippen molar-refractivity contribution < 1.29 is 22.3 Å². The van der Waals surface area contributed by atoms with E-state index in [2.05, 4.69) is 15.1 Å². The third-order valence-corrected chi connectivity index (χ3v) is 6.44. The molecule has 1 unspecified atom stereocenters. The van der Waals surface area contributed by atoms with Gasteiger partial charge in [-0.1, -0.05) is 6.08 Å². The van der Waals surface area contributed by atoms with Crippen molar-refractivity contribution in [2.24, 2.45) is 0 Å². The number of hydrogen-bond acceptors (Lipinski definition) is 4. The lowest BCUT2D eigenvalue weighted by atomic mass is 9.76. The molecule has 0 amide bonds. The first-order chi connectivity index (χ1) is 17.3. The van der Waals surface area contributed by atoms with E-state index in [-0.39, 0.29) is 12.0 Å². The van der Waals surface area contributed by atoms with Crippen LogP contribution in [0.15, 0.2) is 60.4 Å². The fourth-order valence-corrected chi connectivity index (χ4v) is 4.58. The monoisotopic (exact) mass is 497 g/mol. The Hall–Kier alpha value is -3.95. The van der Waals surface area contributed by atoms with E-state index in [1.165, 1.54) is 19.3 Å². The highest BCUT2D eigenvalue weighted by Gasteiger charge is 2.38. The first kappa shape index (κ1) is 23.8. The van der Waals surface area contributed by atoms with Crippen LogP contribution in [-0.2, 0) is 12.0 Å². The van der Waals surface area contributed by atoms with Crippen molar-refractivity contribution >= 4 is 12.2 Å². The maximum Gasteiger partial charge on any atom is 0.194 e. The summed E-state index contributed by atoms with van der Waals surface area (Å²) in [6.45, 7) is 2.41. The normalized spacial score (nSPS) is 24.3. The lowest BCUT2D eigenvalue weighted by molar-refractivity contribution is 0.342. The number of ether oxygens (including phenoxy) is 1. The first-order valence-corrected chi connectivity index (χ1v) is 11.4. The van der Waals surface area contributed by atoms with Gasteiger partial charge in [0.2, 0.25) is 0 Å². The molecule has 3 heterocycles. The number of allylic oxidation sites excluding steroid dienone is 6. The minimum Gasteiger partial charge on any atom is -0.495 e. The number of benzene rings is 1. The number of methoxy groups -OCH3 is 1. The number of nitrogens with zero attached hydrogens (tertiary/aromatic N) is 5. The average Bonchev–Trinajstić information content (AvgIpc) is 3.50. The lowest BCUT2D eigenvalue weighted by Crippen LogP contribution is -2.33. The van der Waals surface area contributed by atoms with E-state index in [0.29, 0.717) is 42.5 Å². The van der Waals surface area contributed by atoms with E-state index < -0.39 is 28.7 Å². The highest BCUT2D eigenvalue weighted by molar-refractivity contribution is 5.69. The van der Waals surface area contributed by atoms with Gasteiger partial charge in [0.1, 0.15) is 17.4 Å². The maximum atomic E-state index is 15.0. The number of fused-ring (bicyclic) bond motifs is 2. The summed E-state index contributed by atoms with van der Waals surface area (Å²) in [5.74, 6) is -3.17. The zero-order valence-electron chi connectivity index (χ0n) is 19.7. The van der Waals surface area contributed by atoms with Gasteiger partial charge in [0, 0.05) is 24.4 Å². The summed E-state index contributed by atoms with van der Waals surface area (Å²) in [6, 6.07) is 2.93. The SMILES string of the molecule is COc1cc(/C=C/c2nc3n(n2)CCCC32/C=C/C(F)=C(F)\C(F)=C/C2)c(F)cc1-n1cnc(C)c1. The molecule has 0 saturated carbocycles. The molecular weight excluding hydrogens is 474 g/mol. The quantitative estimate of drug-likeness (QED) is 0.410. The smallest absolute Gasteiger partial charge is 0.194 e. The van der Waals surface area contributed by atoms with E-state index in [9.17, 15) is 17.6 Å². The molecule has 36 heavy (non-hydrogen) atoms.